The van der Waals surface area contributed by atoms with Crippen molar-refractivity contribution in [2.24, 2.45) is 13.0 Å². The molecule has 0 spiro atoms. The minimum Gasteiger partial charge on any atom is -0.272 e. The van der Waals surface area contributed by atoms with E-state index in [1.165, 1.54) is 11.3 Å². The Kier molecular flexibility index (Phi) is 1.61. The molecule has 0 saturated carbocycles. The van der Waals surface area contributed by atoms with Crippen LogP contribution in [0.25, 0.3) is 0 Å². The number of fused-ring (bicyclic) bond motifs is 1. The van der Waals surface area contributed by atoms with Crippen molar-refractivity contribution in [2.75, 3.05) is 0 Å². The third kappa shape index (κ3) is 1.00. The highest BCUT2D eigenvalue weighted by atomic mass is 15.3. The molecule has 0 aliphatic heterocycles. The lowest BCUT2D eigenvalue weighted by atomic mass is 9.89. The minimum atomic E-state index is 0.210. The lowest BCUT2D eigenvalue weighted by Gasteiger charge is -2.15. The lowest BCUT2D eigenvalue weighted by molar-refractivity contribution is 0.541. The number of rotatable bonds is 0. The van der Waals surface area contributed by atoms with E-state index >= 15 is 0 Å². The van der Waals surface area contributed by atoms with Gasteiger partial charge in [-0.25, -0.2) is 0 Å². The van der Waals surface area contributed by atoms with Crippen molar-refractivity contribution in [3.05, 3.63) is 17.5 Å². The Hall–Kier alpha value is -1.30. The Morgan fingerprint density at radius 1 is 1.75 bits per heavy atom. The molecule has 0 N–H and O–H groups in total. The van der Waals surface area contributed by atoms with Crippen LogP contribution in [0, 0.1) is 17.2 Å². The molecule has 62 valence electrons. The maximum absolute atomic E-state index is 8.75. The molecule has 1 aliphatic rings. The summed E-state index contributed by atoms with van der Waals surface area (Å²) in [5.74, 6) is 0.210. The highest BCUT2D eigenvalue weighted by Gasteiger charge is 2.20. The fourth-order valence-corrected chi connectivity index (χ4v) is 1.79. The molecule has 3 nitrogen and oxygen atoms in total. The topological polar surface area (TPSA) is 41.6 Å². The summed E-state index contributed by atoms with van der Waals surface area (Å²) >= 11 is 0. The van der Waals surface area contributed by atoms with Gasteiger partial charge in [0.2, 0.25) is 0 Å². The molecule has 0 bridgehead atoms. The number of aryl methyl sites for hydroxylation is 1. The quantitative estimate of drug-likeness (QED) is 0.570. The SMILES string of the molecule is Cn1ncc2c1CC[C@@H](C#N)C2. The van der Waals surface area contributed by atoms with E-state index in [2.05, 4.69) is 11.2 Å². The summed E-state index contributed by atoms with van der Waals surface area (Å²) in [6.07, 6.45) is 4.77. The maximum atomic E-state index is 8.75. The van der Waals surface area contributed by atoms with Gasteiger partial charge in [-0.2, -0.15) is 10.4 Å². The summed E-state index contributed by atoms with van der Waals surface area (Å²) in [7, 11) is 1.96. The third-order valence-electron chi connectivity index (χ3n) is 2.53. The number of hydrogen-bond acceptors (Lipinski definition) is 2. The largest absolute Gasteiger partial charge is 0.272 e. The molecule has 0 unspecified atom stereocenters. The predicted octanol–water partition coefficient (Wildman–Crippen LogP) is 1.05. The normalized spacial score (nSPS) is 21.5. The third-order valence-corrected chi connectivity index (χ3v) is 2.53. The molecule has 0 amide bonds. The van der Waals surface area contributed by atoms with Crippen LogP contribution in [0.5, 0.6) is 0 Å². The molecule has 1 aromatic heterocycles. The van der Waals surface area contributed by atoms with Gasteiger partial charge in [0.1, 0.15) is 0 Å². The molecular formula is C9H11N3. The average Bonchev–Trinajstić information content (AvgIpc) is 2.47. The van der Waals surface area contributed by atoms with E-state index in [0.29, 0.717) is 0 Å². The maximum Gasteiger partial charge on any atom is 0.0659 e. The number of nitrogens with zero attached hydrogens (tertiary/aromatic N) is 3. The molecule has 3 heteroatoms. The zero-order chi connectivity index (χ0) is 8.55. The summed E-state index contributed by atoms with van der Waals surface area (Å²) in [5.41, 5.74) is 2.57. The van der Waals surface area contributed by atoms with Crippen LogP contribution in [0.2, 0.25) is 0 Å². The molecule has 1 atom stereocenters. The summed E-state index contributed by atoms with van der Waals surface area (Å²) in [6.45, 7) is 0. The van der Waals surface area contributed by atoms with Crippen LogP contribution in [0.1, 0.15) is 17.7 Å². The first-order chi connectivity index (χ1) is 5.81. The first-order valence-electron chi connectivity index (χ1n) is 4.20. The van der Waals surface area contributed by atoms with Gasteiger partial charge in [0.25, 0.3) is 0 Å². The molecule has 1 aliphatic carbocycles. The summed E-state index contributed by atoms with van der Waals surface area (Å²) in [6, 6.07) is 2.32. The van der Waals surface area contributed by atoms with Crippen LogP contribution in [-0.4, -0.2) is 9.78 Å². The second kappa shape index (κ2) is 2.63. The van der Waals surface area contributed by atoms with Gasteiger partial charge in [-0.1, -0.05) is 0 Å². The van der Waals surface area contributed by atoms with Gasteiger partial charge >= 0.3 is 0 Å². The zero-order valence-corrected chi connectivity index (χ0v) is 7.12. The summed E-state index contributed by atoms with van der Waals surface area (Å²) in [5, 5.41) is 12.9. The Morgan fingerprint density at radius 2 is 2.58 bits per heavy atom. The Labute approximate surface area is 71.6 Å². The second-order valence-corrected chi connectivity index (χ2v) is 3.31. The number of hydrogen-bond donors (Lipinski definition) is 0. The molecule has 0 aromatic carbocycles. The molecule has 1 aromatic rings. The highest BCUT2D eigenvalue weighted by Crippen LogP contribution is 2.23. The summed E-state index contributed by atoms with van der Waals surface area (Å²) < 4.78 is 1.92. The van der Waals surface area contributed by atoms with Crippen LogP contribution in [0.3, 0.4) is 0 Å². The zero-order valence-electron chi connectivity index (χ0n) is 7.12. The van der Waals surface area contributed by atoms with Gasteiger partial charge < -0.3 is 0 Å². The Bertz CT molecular complexity index is 332. The van der Waals surface area contributed by atoms with Crippen LogP contribution in [0.15, 0.2) is 6.20 Å². The van der Waals surface area contributed by atoms with Gasteiger partial charge in [-0.15, -0.1) is 0 Å². The molecule has 0 radical (unpaired) electrons. The van der Waals surface area contributed by atoms with Crippen molar-refractivity contribution in [3.8, 4) is 6.07 Å². The molecule has 2 rings (SSSR count). The first kappa shape index (κ1) is 7.35. The van der Waals surface area contributed by atoms with E-state index in [1.807, 2.05) is 17.9 Å². The van der Waals surface area contributed by atoms with E-state index in [1.54, 1.807) is 0 Å². The molecule has 1 heterocycles. The smallest absolute Gasteiger partial charge is 0.0659 e. The standard InChI is InChI=1S/C9H11N3/c1-12-9-3-2-7(5-10)4-8(9)6-11-12/h6-7H,2-4H2,1H3/t7-/m1/s1. The molecule has 0 saturated heterocycles. The van der Waals surface area contributed by atoms with E-state index in [-0.39, 0.29) is 5.92 Å². The monoisotopic (exact) mass is 161 g/mol. The first-order valence-corrected chi connectivity index (χ1v) is 4.20. The van der Waals surface area contributed by atoms with Gasteiger partial charge in [-0.3, -0.25) is 4.68 Å². The van der Waals surface area contributed by atoms with Crippen molar-refractivity contribution in [1.82, 2.24) is 9.78 Å². The van der Waals surface area contributed by atoms with E-state index < -0.39 is 0 Å². The van der Waals surface area contributed by atoms with Crippen LogP contribution < -0.4 is 0 Å². The van der Waals surface area contributed by atoms with Crippen molar-refractivity contribution in [1.29, 1.82) is 5.26 Å². The van der Waals surface area contributed by atoms with Gasteiger partial charge in [0, 0.05) is 12.7 Å². The molecular weight excluding hydrogens is 150 g/mol. The average molecular weight is 161 g/mol. The second-order valence-electron chi connectivity index (χ2n) is 3.31. The number of aromatic nitrogens is 2. The van der Waals surface area contributed by atoms with Crippen LogP contribution in [0.4, 0.5) is 0 Å². The van der Waals surface area contributed by atoms with E-state index in [4.69, 9.17) is 5.26 Å². The van der Waals surface area contributed by atoms with Crippen molar-refractivity contribution >= 4 is 0 Å². The van der Waals surface area contributed by atoms with Gasteiger partial charge in [-0.05, 0) is 24.8 Å². The van der Waals surface area contributed by atoms with Crippen molar-refractivity contribution in [2.45, 2.75) is 19.3 Å². The summed E-state index contributed by atoms with van der Waals surface area (Å²) in [4.78, 5) is 0. The Morgan fingerprint density at radius 3 is 3.33 bits per heavy atom. The highest BCUT2D eigenvalue weighted by molar-refractivity contribution is 5.22. The van der Waals surface area contributed by atoms with Crippen molar-refractivity contribution in [3.63, 3.8) is 0 Å². The van der Waals surface area contributed by atoms with Gasteiger partial charge in [0.05, 0.1) is 18.2 Å². The fourth-order valence-electron chi connectivity index (χ4n) is 1.79. The Balaban J connectivity index is 2.31. The number of nitriles is 1. The fraction of sp³-hybridized carbons (Fsp3) is 0.556. The van der Waals surface area contributed by atoms with Gasteiger partial charge in [0.15, 0.2) is 0 Å². The molecule has 0 fully saturated rings. The van der Waals surface area contributed by atoms with E-state index in [0.717, 1.165) is 19.3 Å². The van der Waals surface area contributed by atoms with Crippen LogP contribution in [-0.2, 0) is 19.9 Å². The van der Waals surface area contributed by atoms with Crippen LogP contribution >= 0.6 is 0 Å². The van der Waals surface area contributed by atoms with Crippen molar-refractivity contribution < 1.29 is 0 Å². The minimum absolute atomic E-state index is 0.210. The van der Waals surface area contributed by atoms with E-state index in [9.17, 15) is 0 Å². The predicted molar refractivity (Wildman–Crippen MR) is 44.3 cm³/mol. The molecule has 12 heavy (non-hydrogen) atoms. The lowest BCUT2D eigenvalue weighted by Crippen LogP contribution is -2.13.